The summed E-state index contributed by atoms with van der Waals surface area (Å²) in [6.45, 7) is 0. The van der Waals surface area contributed by atoms with Crippen LogP contribution in [0.15, 0.2) is 47.9 Å². The van der Waals surface area contributed by atoms with Gasteiger partial charge in [0.15, 0.2) is 0 Å². The topological polar surface area (TPSA) is 50.2 Å². The summed E-state index contributed by atoms with van der Waals surface area (Å²) in [6, 6.07) is 10.1. The summed E-state index contributed by atoms with van der Waals surface area (Å²) < 4.78 is 0. The number of hydrogen-bond donors (Lipinski definition) is 1. The van der Waals surface area contributed by atoms with Crippen LogP contribution in [-0.2, 0) is 11.2 Å². The Balaban J connectivity index is 1.94. The van der Waals surface area contributed by atoms with E-state index in [-0.39, 0.29) is 0 Å². The van der Waals surface area contributed by atoms with Crippen molar-refractivity contribution in [1.82, 2.24) is 4.98 Å². The Kier molecular flexibility index (Phi) is 4.64. The van der Waals surface area contributed by atoms with Gasteiger partial charge in [0.25, 0.3) is 0 Å². The summed E-state index contributed by atoms with van der Waals surface area (Å²) in [5.41, 5.74) is 1.85. The Bertz CT molecular complexity index is 600. The second-order valence-electron chi connectivity index (χ2n) is 3.85. The zero-order valence-corrected chi connectivity index (χ0v) is 11.0. The van der Waals surface area contributed by atoms with E-state index >= 15 is 0 Å². The third-order valence-corrected chi connectivity index (χ3v) is 3.26. The number of nitrogens with zero attached hydrogens (tertiary/aromatic N) is 1. The first-order valence-corrected chi connectivity index (χ1v) is 6.69. The van der Waals surface area contributed by atoms with Gasteiger partial charge in [-0.15, -0.1) is 11.3 Å². The molecule has 0 bridgehead atoms. The van der Waals surface area contributed by atoms with Crippen molar-refractivity contribution < 1.29 is 9.90 Å². The van der Waals surface area contributed by atoms with E-state index < -0.39 is 5.97 Å². The highest BCUT2D eigenvalue weighted by atomic mass is 32.1. The third-order valence-electron chi connectivity index (χ3n) is 2.37. The largest absolute Gasteiger partial charge is 0.478 e. The highest BCUT2D eigenvalue weighted by Gasteiger charge is 1.98. The van der Waals surface area contributed by atoms with Crippen LogP contribution in [0.3, 0.4) is 0 Å². The molecule has 0 aliphatic rings. The van der Waals surface area contributed by atoms with Crippen LogP contribution in [0, 0.1) is 0 Å². The van der Waals surface area contributed by atoms with Crippen LogP contribution in [-0.4, -0.2) is 16.1 Å². The molecule has 19 heavy (non-hydrogen) atoms. The van der Waals surface area contributed by atoms with E-state index in [9.17, 15) is 4.79 Å². The fourth-order valence-corrected chi connectivity index (χ4v) is 2.25. The Hall–Kier alpha value is -2.20. The van der Waals surface area contributed by atoms with Crippen LogP contribution in [0.5, 0.6) is 0 Å². The zero-order valence-electron chi connectivity index (χ0n) is 10.2. The zero-order chi connectivity index (χ0) is 13.5. The first kappa shape index (κ1) is 13.2. The number of hydrogen-bond acceptors (Lipinski definition) is 3. The smallest absolute Gasteiger partial charge is 0.328 e. The Morgan fingerprint density at radius 1 is 1.26 bits per heavy atom. The van der Waals surface area contributed by atoms with Crippen LogP contribution in [0.1, 0.15) is 16.3 Å². The number of allylic oxidation sites excluding steroid dienone is 1. The molecule has 0 unspecified atom stereocenters. The minimum Gasteiger partial charge on any atom is -0.478 e. The van der Waals surface area contributed by atoms with Gasteiger partial charge in [-0.25, -0.2) is 9.78 Å². The second-order valence-corrected chi connectivity index (χ2v) is 4.80. The van der Waals surface area contributed by atoms with Crippen LogP contribution < -0.4 is 0 Å². The SMILES string of the molecule is O=C(O)C=Cc1csc(CC=Cc2ccccc2)n1. The lowest BCUT2D eigenvalue weighted by molar-refractivity contribution is -0.131. The number of aliphatic carboxylic acids is 1. The molecular formula is C15H13NO2S. The van der Waals surface area contributed by atoms with Gasteiger partial charge in [0, 0.05) is 17.9 Å². The van der Waals surface area contributed by atoms with Crippen molar-refractivity contribution in [3.8, 4) is 0 Å². The van der Waals surface area contributed by atoms with Crippen molar-refractivity contribution >= 4 is 29.5 Å². The highest BCUT2D eigenvalue weighted by Crippen LogP contribution is 2.13. The second kappa shape index (κ2) is 6.66. The van der Waals surface area contributed by atoms with Gasteiger partial charge in [-0.1, -0.05) is 42.5 Å². The lowest BCUT2D eigenvalue weighted by Crippen LogP contribution is -1.86. The van der Waals surface area contributed by atoms with Gasteiger partial charge in [0.2, 0.25) is 0 Å². The molecule has 1 heterocycles. The minimum absolute atomic E-state index is 0.690. The van der Waals surface area contributed by atoms with E-state index in [4.69, 9.17) is 5.11 Å². The first-order chi connectivity index (χ1) is 9.24. The minimum atomic E-state index is -0.960. The monoisotopic (exact) mass is 271 g/mol. The Morgan fingerprint density at radius 2 is 2.05 bits per heavy atom. The maximum absolute atomic E-state index is 10.4. The van der Waals surface area contributed by atoms with Crippen molar-refractivity contribution in [3.05, 3.63) is 64.1 Å². The van der Waals surface area contributed by atoms with E-state index in [1.165, 1.54) is 17.4 Å². The molecule has 0 fully saturated rings. The fourth-order valence-electron chi connectivity index (χ4n) is 1.51. The summed E-state index contributed by atoms with van der Waals surface area (Å²) in [5.74, 6) is -0.960. The van der Waals surface area contributed by atoms with E-state index in [0.29, 0.717) is 5.69 Å². The first-order valence-electron chi connectivity index (χ1n) is 5.81. The number of carboxylic acids is 1. The van der Waals surface area contributed by atoms with Gasteiger partial charge in [-0.05, 0) is 11.6 Å². The lowest BCUT2D eigenvalue weighted by atomic mass is 10.2. The van der Waals surface area contributed by atoms with Gasteiger partial charge < -0.3 is 5.11 Å². The van der Waals surface area contributed by atoms with E-state index in [1.54, 1.807) is 0 Å². The van der Waals surface area contributed by atoms with Crippen LogP contribution in [0.2, 0.25) is 0 Å². The summed E-state index contributed by atoms with van der Waals surface area (Å²) >= 11 is 1.53. The van der Waals surface area contributed by atoms with Crippen molar-refractivity contribution in [1.29, 1.82) is 0 Å². The van der Waals surface area contributed by atoms with Crippen LogP contribution in [0.25, 0.3) is 12.2 Å². The molecule has 0 amide bonds. The Morgan fingerprint density at radius 3 is 2.79 bits per heavy atom. The molecule has 3 nitrogen and oxygen atoms in total. The third kappa shape index (κ3) is 4.52. The molecule has 0 spiro atoms. The predicted molar refractivity (Wildman–Crippen MR) is 78.0 cm³/mol. The molecule has 0 aliphatic carbocycles. The summed E-state index contributed by atoms with van der Waals surface area (Å²) in [6.07, 6.45) is 7.45. The molecule has 0 aliphatic heterocycles. The maximum atomic E-state index is 10.4. The lowest BCUT2D eigenvalue weighted by Gasteiger charge is -1.91. The van der Waals surface area contributed by atoms with Gasteiger partial charge in [0.1, 0.15) is 0 Å². The molecule has 0 atom stereocenters. The van der Waals surface area contributed by atoms with E-state index in [1.807, 2.05) is 41.8 Å². The molecule has 2 aromatic rings. The van der Waals surface area contributed by atoms with Gasteiger partial charge >= 0.3 is 5.97 Å². The molecule has 2 rings (SSSR count). The summed E-state index contributed by atoms with van der Waals surface area (Å²) in [5, 5.41) is 11.3. The number of rotatable bonds is 5. The number of aromatic nitrogens is 1. The molecule has 96 valence electrons. The van der Waals surface area contributed by atoms with Gasteiger partial charge in [0.05, 0.1) is 10.7 Å². The maximum Gasteiger partial charge on any atom is 0.328 e. The van der Waals surface area contributed by atoms with E-state index in [0.717, 1.165) is 23.1 Å². The molecule has 1 aromatic heterocycles. The molecule has 1 N–H and O–H groups in total. The molecular weight excluding hydrogens is 258 g/mol. The Labute approximate surface area is 115 Å². The van der Waals surface area contributed by atoms with Crippen LogP contribution >= 0.6 is 11.3 Å². The number of thiazole rings is 1. The average molecular weight is 271 g/mol. The average Bonchev–Trinajstić information content (AvgIpc) is 2.86. The standard InChI is InChI=1S/C15H13NO2S/c17-15(18)10-9-13-11-19-14(16-13)8-4-7-12-5-2-1-3-6-12/h1-7,9-11H,8H2,(H,17,18). The van der Waals surface area contributed by atoms with E-state index in [2.05, 4.69) is 11.1 Å². The number of benzene rings is 1. The molecule has 4 heteroatoms. The molecule has 0 radical (unpaired) electrons. The fraction of sp³-hybridized carbons (Fsp3) is 0.0667. The van der Waals surface area contributed by atoms with Crippen LogP contribution in [0.4, 0.5) is 0 Å². The van der Waals surface area contributed by atoms with Crippen molar-refractivity contribution in [2.75, 3.05) is 0 Å². The molecule has 1 aromatic carbocycles. The predicted octanol–water partition coefficient (Wildman–Crippen LogP) is 3.50. The molecule has 0 saturated carbocycles. The van der Waals surface area contributed by atoms with Gasteiger partial charge in [-0.2, -0.15) is 0 Å². The normalized spacial score (nSPS) is 11.4. The molecule has 0 saturated heterocycles. The van der Waals surface area contributed by atoms with Crippen molar-refractivity contribution in [2.45, 2.75) is 6.42 Å². The van der Waals surface area contributed by atoms with Gasteiger partial charge in [-0.3, -0.25) is 0 Å². The highest BCUT2D eigenvalue weighted by molar-refractivity contribution is 7.09. The summed E-state index contributed by atoms with van der Waals surface area (Å²) in [4.78, 5) is 14.7. The van der Waals surface area contributed by atoms with Crippen molar-refractivity contribution in [2.24, 2.45) is 0 Å². The number of carbonyl (C=O) groups is 1. The summed E-state index contributed by atoms with van der Waals surface area (Å²) in [7, 11) is 0. The number of carboxylic acid groups (broad SMARTS) is 1. The quantitative estimate of drug-likeness (QED) is 0.847. The van der Waals surface area contributed by atoms with Crippen molar-refractivity contribution in [3.63, 3.8) is 0 Å².